The first-order valence-electron chi connectivity index (χ1n) is 5.90. The fourth-order valence-electron chi connectivity index (χ4n) is 1.38. The molecule has 20 heavy (non-hydrogen) atoms. The molecule has 1 rings (SSSR count). The van der Waals surface area contributed by atoms with E-state index in [1.165, 1.54) is 12.1 Å². The van der Waals surface area contributed by atoms with Crippen LogP contribution in [0.2, 0.25) is 0 Å². The molecule has 0 radical (unpaired) electrons. The van der Waals surface area contributed by atoms with Crippen LogP contribution in [0.3, 0.4) is 0 Å². The van der Waals surface area contributed by atoms with Crippen LogP contribution < -0.4 is 10.0 Å². The second kappa shape index (κ2) is 6.90. The van der Waals surface area contributed by atoms with Gasteiger partial charge in [-0.2, -0.15) is 0 Å². The fourth-order valence-corrected chi connectivity index (χ4v) is 2.30. The van der Waals surface area contributed by atoms with Crippen molar-refractivity contribution in [3.63, 3.8) is 0 Å². The molecule has 2 amide bonds. The van der Waals surface area contributed by atoms with E-state index in [-0.39, 0.29) is 24.3 Å². The van der Waals surface area contributed by atoms with Crippen LogP contribution in [0.25, 0.3) is 0 Å². The Bertz CT molecular complexity index is 580. The number of aliphatic carboxylic acids is 1. The number of sulfonamides is 1. The smallest absolute Gasteiger partial charge is 0.328 e. The largest absolute Gasteiger partial charge is 0.481 e. The highest BCUT2D eigenvalue weighted by Gasteiger charge is 2.16. The summed E-state index contributed by atoms with van der Waals surface area (Å²) >= 11 is 0. The van der Waals surface area contributed by atoms with Crippen molar-refractivity contribution in [1.82, 2.24) is 10.0 Å². The minimum atomic E-state index is -3.91. The van der Waals surface area contributed by atoms with Gasteiger partial charge in [0, 0.05) is 13.0 Å². The van der Waals surface area contributed by atoms with E-state index < -0.39 is 22.0 Å². The average Bonchev–Trinajstić information content (AvgIpc) is 2.34. The molecule has 0 saturated carbocycles. The molecule has 8 heteroatoms. The van der Waals surface area contributed by atoms with Crippen LogP contribution in [0.4, 0.5) is 4.79 Å². The molecule has 0 unspecified atom stereocenters. The van der Waals surface area contributed by atoms with Gasteiger partial charge in [-0.3, -0.25) is 4.79 Å². The predicted octanol–water partition coefficient (Wildman–Crippen LogP) is 0.848. The van der Waals surface area contributed by atoms with Gasteiger partial charge in [0.1, 0.15) is 0 Å². The lowest BCUT2D eigenvalue weighted by Crippen LogP contribution is -2.39. The van der Waals surface area contributed by atoms with Crippen molar-refractivity contribution in [2.75, 3.05) is 6.54 Å². The van der Waals surface area contributed by atoms with Gasteiger partial charge in [-0.25, -0.2) is 17.9 Å². The number of urea groups is 1. The van der Waals surface area contributed by atoms with Gasteiger partial charge < -0.3 is 10.4 Å². The fraction of sp³-hybridized carbons (Fsp3) is 0.333. The van der Waals surface area contributed by atoms with Crippen LogP contribution in [0.5, 0.6) is 0 Å². The Labute approximate surface area is 117 Å². The van der Waals surface area contributed by atoms with Crippen molar-refractivity contribution >= 4 is 22.0 Å². The van der Waals surface area contributed by atoms with Gasteiger partial charge in [0.05, 0.1) is 4.90 Å². The Morgan fingerprint density at radius 1 is 1.20 bits per heavy atom. The molecule has 0 heterocycles. The van der Waals surface area contributed by atoms with Crippen LogP contribution >= 0.6 is 0 Å². The van der Waals surface area contributed by atoms with Gasteiger partial charge in [0.15, 0.2) is 0 Å². The number of carbonyl (C=O) groups is 2. The van der Waals surface area contributed by atoms with E-state index in [1.54, 1.807) is 12.1 Å². The quantitative estimate of drug-likeness (QED) is 0.674. The summed E-state index contributed by atoms with van der Waals surface area (Å²) in [5.74, 6) is -0.973. The molecule has 0 atom stereocenters. The van der Waals surface area contributed by atoms with Crippen molar-refractivity contribution < 1.29 is 23.1 Å². The predicted molar refractivity (Wildman–Crippen MR) is 71.8 cm³/mol. The number of carboxylic acid groups (broad SMARTS) is 1. The number of hydrogen-bond donors (Lipinski definition) is 3. The molecule has 0 spiro atoms. The third-order valence-corrected chi connectivity index (χ3v) is 3.76. The second-order valence-corrected chi connectivity index (χ2v) is 5.85. The van der Waals surface area contributed by atoms with E-state index >= 15 is 0 Å². The summed E-state index contributed by atoms with van der Waals surface area (Å²) in [4.78, 5) is 21.6. The number of hydrogen-bond acceptors (Lipinski definition) is 4. The van der Waals surface area contributed by atoms with Gasteiger partial charge in [0.2, 0.25) is 0 Å². The topological polar surface area (TPSA) is 113 Å². The normalized spacial score (nSPS) is 10.8. The molecule has 0 fully saturated rings. The van der Waals surface area contributed by atoms with E-state index in [4.69, 9.17) is 5.11 Å². The third-order valence-electron chi connectivity index (χ3n) is 2.41. The summed E-state index contributed by atoms with van der Waals surface area (Å²) in [6.45, 7) is 1.90. The van der Waals surface area contributed by atoms with Crippen LogP contribution in [-0.2, 0) is 14.8 Å². The van der Waals surface area contributed by atoms with Gasteiger partial charge in [-0.15, -0.1) is 0 Å². The number of benzene rings is 1. The number of rotatable bonds is 6. The third kappa shape index (κ3) is 5.27. The van der Waals surface area contributed by atoms with Crippen molar-refractivity contribution in [3.8, 4) is 0 Å². The molecule has 7 nitrogen and oxygen atoms in total. The zero-order chi connectivity index (χ0) is 15.2. The summed E-state index contributed by atoms with van der Waals surface area (Å²) < 4.78 is 25.5. The van der Waals surface area contributed by atoms with E-state index in [0.29, 0.717) is 0 Å². The molecule has 0 aliphatic rings. The summed E-state index contributed by atoms with van der Waals surface area (Å²) in [5, 5.41) is 10.7. The molecule has 0 aliphatic heterocycles. The van der Waals surface area contributed by atoms with Gasteiger partial charge in [0.25, 0.3) is 10.0 Å². The molecule has 3 N–H and O–H groups in total. The number of amides is 2. The molecule has 1 aromatic carbocycles. The maximum atomic E-state index is 11.8. The molecule has 0 saturated heterocycles. The van der Waals surface area contributed by atoms with Gasteiger partial charge in [-0.1, -0.05) is 17.7 Å². The summed E-state index contributed by atoms with van der Waals surface area (Å²) in [6.07, 6.45) is 0.137. The molecular formula is C12H16N2O5S. The van der Waals surface area contributed by atoms with Gasteiger partial charge in [-0.05, 0) is 25.5 Å². The first kappa shape index (κ1) is 16.0. The number of carbonyl (C=O) groups excluding carboxylic acids is 1. The molecule has 0 aromatic heterocycles. The van der Waals surface area contributed by atoms with Crippen LogP contribution in [0.1, 0.15) is 18.4 Å². The van der Waals surface area contributed by atoms with E-state index in [2.05, 4.69) is 5.32 Å². The lowest BCUT2D eigenvalue weighted by atomic mass is 10.2. The van der Waals surface area contributed by atoms with E-state index in [1.807, 2.05) is 11.6 Å². The minimum Gasteiger partial charge on any atom is -0.481 e. The Morgan fingerprint density at radius 2 is 1.80 bits per heavy atom. The van der Waals surface area contributed by atoms with Gasteiger partial charge >= 0.3 is 12.0 Å². The van der Waals surface area contributed by atoms with E-state index in [9.17, 15) is 18.0 Å². The molecule has 0 aliphatic carbocycles. The molecule has 1 aromatic rings. The van der Waals surface area contributed by atoms with Crippen LogP contribution in [0.15, 0.2) is 29.2 Å². The van der Waals surface area contributed by atoms with Crippen molar-refractivity contribution in [2.45, 2.75) is 24.7 Å². The molecule has 110 valence electrons. The first-order valence-corrected chi connectivity index (χ1v) is 7.39. The standard InChI is InChI=1S/C12H16N2O5S/c1-9-4-6-10(7-5-9)20(18,19)14-12(17)13-8-2-3-11(15)16/h4-7H,2-3,8H2,1H3,(H,15,16)(H2,13,14,17). The monoisotopic (exact) mass is 300 g/mol. The highest BCUT2D eigenvalue weighted by molar-refractivity contribution is 7.90. The van der Waals surface area contributed by atoms with Crippen molar-refractivity contribution in [2.24, 2.45) is 0 Å². The lowest BCUT2D eigenvalue weighted by molar-refractivity contribution is -0.137. The maximum absolute atomic E-state index is 11.8. The molecular weight excluding hydrogens is 284 g/mol. The number of nitrogens with one attached hydrogen (secondary N) is 2. The van der Waals surface area contributed by atoms with Crippen molar-refractivity contribution in [3.05, 3.63) is 29.8 Å². The number of carboxylic acids is 1. The Morgan fingerprint density at radius 3 is 2.35 bits per heavy atom. The Hall–Kier alpha value is -2.09. The summed E-state index contributed by atoms with van der Waals surface area (Å²) in [5.41, 5.74) is 0.905. The lowest BCUT2D eigenvalue weighted by Gasteiger charge is -2.08. The van der Waals surface area contributed by atoms with E-state index in [0.717, 1.165) is 5.56 Å². The van der Waals surface area contributed by atoms with Crippen molar-refractivity contribution in [1.29, 1.82) is 0 Å². The summed E-state index contributed by atoms with van der Waals surface area (Å²) in [6, 6.07) is 5.17. The number of aryl methyl sites for hydroxylation is 1. The average molecular weight is 300 g/mol. The minimum absolute atomic E-state index is 0.0104. The zero-order valence-corrected chi connectivity index (χ0v) is 11.7. The van der Waals surface area contributed by atoms with Crippen LogP contribution in [0, 0.1) is 6.92 Å². The van der Waals surface area contributed by atoms with Crippen LogP contribution in [-0.4, -0.2) is 32.1 Å². The highest BCUT2D eigenvalue weighted by Crippen LogP contribution is 2.09. The first-order chi connectivity index (χ1) is 9.31. The Kier molecular flexibility index (Phi) is 5.51. The molecule has 0 bridgehead atoms. The maximum Gasteiger partial charge on any atom is 0.328 e. The zero-order valence-electron chi connectivity index (χ0n) is 10.9. The SMILES string of the molecule is Cc1ccc(S(=O)(=O)NC(=O)NCCCC(=O)O)cc1. The highest BCUT2D eigenvalue weighted by atomic mass is 32.2. The Balaban J connectivity index is 2.52. The summed E-state index contributed by atoms with van der Waals surface area (Å²) in [7, 11) is -3.91. The second-order valence-electron chi connectivity index (χ2n) is 4.17.